The Kier molecular flexibility index (Phi) is 6.78. The van der Waals surface area contributed by atoms with Gasteiger partial charge in [-0.2, -0.15) is 36.9 Å². The highest BCUT2D eigenvalue weighted by Crippen LogP contribution is 2.41. The van der Waals surface area contributed by atoms with Crippen LogP contribution in [0.5, 0.6) is 0 Å². The zero-order chi connectivity index (χ0) is 34.9. The van der Waals surface area contributed by atoms with E-state index in [2.05, 4.69) is 12.1 Å². The second kappa shape index (κ2) is 11.0. The van der Waals surface area contributed by atoms with E-state index in [1.165, 1.54) is 12.1 Å². The van der Waals surface area contributed by atoms with Gasteiger partial charge in [-0.25, -0.2) is 0 Å². The maximum atomic E-state index is 13.9. The molecule has 2 heterocycles. The lowest BCUT2D eigenvalue weighted by Gasteiger charge is -2.15. The van der Waals surface area contributed by atoms with Gasteiger partial charge in [0.15, 0.2) is 0 Å². The van der Waals surface area contributed by atoms with Crippen LogP contribution in [0.2, 0.25) is 0 Å². The van der Waals surface area contributed by atoms with Crippen LogP contribution >= 0.6 is 0 Å². The Balaban J connectivity index is 1.40. The van der Waals surface area contributed by atoms with Gasteiger partial charge < -0.3 is 9.13 Å². The standard InChI is InChI=1S/C40H20F6N4/c41-39(42,43)25-11-15-31-29-5-1-3-7-35(29)49(37(31)17-25)27-13-9-23(21-47)33(19-27)34-20-28(14-10-24(34)22-48)50-36-8-4-2-6-30(36)32-16-12-26(18-38(32)50)40(44,45)46/h1-20H. The topological polar surface area (TPSA) is 57.4 Å². The third-order valence-electron chi connectivity index (χ3n) is 9.06. The van der Waals surface area contributed by atoms with Crippen LogP contribution in [0.4, 0.5) is 26.3 Å². The SMILES string of the molecule is N#Cc1ccc(-n2c3ccccc3c3ccc(C(F)(F)F)cc32)cc1-c1cc(-n2c3ccccc3c3ccc(C(F)(F)F)cc32)ccc1C#N. The third kappa shape index (κ3) is 4.76. The monoisotopic (exact) mass is 670 g/mol. The number of nitriles is 2. The van der Waals surface area contributed by atoms with Crippen LogP contribution in [0.3, 0.4) is 0 Å². The molecule has 50 heavy (non-hydrogen) atoms. The first-order chi connectivity index (χ1) is 24.0. The molecule has 0 radical (unpaired) electrons. The summed E-state index contributed by atoms with van der Waals surface area (Å²) in [5.74, 6) is 0. The molecular weight excluding hydrogens is 650 g/mol. The molecule has 242 valence electrons. The molecule has 0 unspecified atom stereocenters. The summed E-state index contributed by atoms with van der Waals surface area (Å²) in [6.07, 6.45) is -9.16. The average Bonchev–Trinajstić information content (AvgIpc) is 3.62. The van der Waals surface area contributed by atoms with E-state index in [1.54, 1.807) is 81.9 Å². The van der Waals surface area contributed by atoms with E-state index in [4.69, 9.17) is 0 Å². The van der Waals surface area contributed by atoms with Crippen molar-refractivity contribution < 1.29 is 26.3 Å². The lowest BCUT2D eigenvalue weighted by atomic mass is 9.95. The molecule has 4 nitrogen and oxygen atoms in total. The Morgan fingerprint density at radius 3 is 1.18 bits per heavy atom. The fraction of sp³-hybridized carbons (Fsp3) is 0.0500. The van der Waals surface area contributed by atoms with Crippen molar-refractivity contribution in [2.75, 3.05) is 0 Å². The van der Waals surface area contributed by atoms with Crippen LogP contribution < -0.4 is 0 Å². The summed E-state index contributed by atoms with van der Waals surface area (Å²) in [5.41, 5.74) is 2.20. The Morgan fingerprint density at radius 1 is 0.420 bits per heavy atom. The van der Waals surface area contributed by atoms with E-state index < -0.39 is 23.5 Å². The Morgan fingerprint density at radius 2 is 0.800 bits per heavy atom. The van der Waals surface area contributed by atoms with Crippen molar-refractivity contribution in [3.63, 3.8) is 0 Å². The van der Waals surface area contributed by atoms with Gasteiger partial charge in [0.1, 0.15) is 0 Å². The lowest BCUT2D eigenvalue weighted by molar-refractivity contribution is -0.138. The minimum Gasteiger partial charge on any atom is -0.309 e. The molecule has 0 aliphatic carbocycles. The summed E-state index contributed by atoms with van der Waals surface area (Å²) < 4.78 is 86.6. The number of hydrogen-bond donors (Lipinski definition) is 0. The van der Waals surface area contributed by atoms with Crippen molar-refractivity contribution in [1.82, 2.24) is 9.13 Å². The molecule has 0 saturated carbocycles. The second-order valence-corrected chi connectivity index (χ2v) is 11.8. The van der Waals surface area contributed by atoms with E-state index in [0.717, 1.165) is 35.0 Å². The molecule has 2 aromatic heterocycles. The predicted molar refractivity (Wildman–Crippen MR) is 180 cm³/mol. The summed E-state index contributed by atoms with van der Waals surface area (Å²) >= 11 is 0. The number of benzene rings is 6. The van der Waals surface area contributed by atoms with Crippen molar-refractivity contribution in [3.8, 4) is 34.6 Å². The highest BCUT2D eigenvalue weighted by Gasteiger charge is 2.32. The van der Waals surface area contributed by atoms with Crippen molar-refractivity contribution in [3.05, 3.63) is 144 Å². The Hall–Kier alpha value is -6.52. The molecule has 0 aliphatic rings. The molecule has 0 saturated heterocycles. The van der Waals surface area contributed by atoms with Crippen LogP contribution in [0, 0.1) is 22.7 Å². The number of rotatable bonds is 3. The van der Waals surface area contributed by atoms with Gasteiger partial charge >= 0.3 is 12.4 Å². The highest BCUT2D eigenvalue weighted by atomic mass is 19.4. The summed E-state index contributed by atoms with van der Waals surface area (Å²) in [5, 5.41) is 23.1. The lowest BCUT2D eigenvalue weighted by Crippen LogP contribution is -2.05. The summed E-state index contributed by atoms with van der Waals surface area (Å²) in [6.45, 7) is 0. The van der Waals surface area contributed by atoms with E-state index in [1.807, 2.05) is 12.1 Å². The number of nitrogens with zero attached hydrogens (tertiary/aromatic N) is 4. The number of para-hydroxylation sites is 2. The van der Waals surface area contributed by atoms with E-state index in [0.29, 0.717) is 55.3 Å². The fourth-order valence-corrected chi connectivity index (χ4v) is 6.83. The predicted octanol–water partition coefficient (Wildman–Crippen LogP) is 11.3. The molecule has 0 spiro atoms. The summed E-state index contributed by atoms with van der Waals surface area (Å²) in [6, 6.07) is 35.5. The van der Waals surface area contributed by atoms with Crippen molar-refractivity contribution in [2.45, 2.75) is 12.4 Å². The molecule has 8 aromatic rings. The molecule has 10 heteroatoms. The van der Waals surface area contributed by atoms with Gasteiger partial charge in [0.2, 0.25) is 0 Å². The van der Waals surface area contributed by atoms with Crippen molar-refractivity contribution in [2.24, 2.45) is 0 Å². The van der Waals surface area contributed by atoms with Crippen LogP contribution in [-0.2, 0) is 12.4 Å². The van der Waals surface area contributed by atoms with Crippen molar-refractivity contribution in [1.29, 1.82) is 10.5 Å². The van der Waals surface area contributed by atoms with Crippen LogP contribution in [0.15, 0.2) is 121 Å². The summed E-state index contributed by atoms with van der Waals surface area (Å²) in [4.78, 5) is 0. The van der Waals surface area contributed by atoms with Crippen molar-refractivity contribution >= 4 is 43.6 Å². The largest absolute Gasteiger partial charge is 0.416 e. The highest BCUT2D eigenvalue weighted by molar-refractivity contribution is 6.10. The van der Waals surface area contributed by atoms with E-state index in [9.17, 15) is 36.9 Å². The number of hydrogen-bond acceptors (Lipinski definition) is 2. The number of halogens is 6. The minimum atomic E-state index is -4.58. The second-order valence-electron chi connectivity index (χ2n) is 11.8. The maximum Gasteiger partial charge on any atom is 0.416 e. The zero-order valence-corrected chi connectivity index (χ0v) is 25.6. The van der Waals surface area contributed by atoms with Gasteiger partial charge in [-0.1, -0.05) is 48.5 Å². The van der Waals surface area contributed by atoms with Crippen LogP contribution in [-0.4, -0.2) is 9.13 Å². The number of fused-ring (bicyclic) bond motifs is 6. The van der Waals surface area contributed by atoms with Gasteiger partial charge in [-0.05, 0) is 72.8 Å². The minimum absolute atomic E-state index is 0.195. The van der Waals surface area contributed by atoms with Gasteiger partial charge in [0, 0.05) is 44.0 Å². The smallest absolute Gasteiger partial charge is 0.309 e. The molecule has 0 amide bonds. The van der Waals surface area contributed by atoms with Gasteiger partial charge in [-0.3, -0.25) is 0 Å². The molecule has 0 bridgehead atoms. The van der Waals surface area contributed by atoms with E-state index in [-0.39, 0.29) is 11.1 Å². The normalized spacial score (nSPS) is 12.2. The first-order valence-corrected chi connectivity index (χ1v) is 15.3. The molecule has 0 N–H and O–H groups in total. The fourth-order valence-electron chi connectivity index (χ4n) is 6.83. The number of aromatic nitrogens is 2. The molecule has 0 atom stereocenters. The van der Waals surface area contributed by atoms with Gasteiger partial charge in [-0.15, -0.1) is 0 Å². The van der Waals surface area contributed by atoms with E-state index >= 15 is 0 Å². The Bertz CT molecular complexity index is 2580. The first kappa shape index (κ1) is 30.8. The number of alkyl halides is 6. The summed E-state index contributed by atoms with van der Waals surface area (Å²) in [7, 11) is 0. The van der Waals surface area contributed by atoms with Crippen LogP contribution in [0.25, 0.3) is 66.1 Å². The average molecular weight is 671 g/mol. The zero-order valence-electron chi connectivity index (χ0n) is 25.6. The third-order valence-corrected chi connectivity index (χ3v) is 9.06. The molecule has 6 aromatic carbocycles. The molecular formula is C40H20F6N4. The molecule has 8 rings (SSSR count). The molecule has 0 aliphatic heterocycles. The molecule has 0 fully saturated rings. The first-order valence-electron chi connectivity index (χ1n) is 15.3. The Labute approximate surface area is 279 Å². The van der Waals surface area contributed by atoms with Gasteiger partial charge in [0.05, 0.1) is 56.5 Å². The maximum absolute atomic E-state index is 13.9. The quantitative estimate of drug-likeness (QED) is 0.176. The van der Waals surface area contributed by atoms with Crippen LogP contribution in [0.1, 0.15) is 22.3 Å². The van der Waals surface area contributed by atoms with Gasteiger partial charge in [0.25, 0.3) is 0 Å².